The van der Waals surface area contributed by atoms with E-state index < -0.39 is 0 Å². The number of carbonyl (C=O) groups excluding carboxylic acids is 1. The average Bonchev–Trinajstić information content (AvgIpc) is 1.95. The van der Waals surface area contributed by atoms with Gasteiger partial charge < -0.3 is 10.1 Å². The van der Waals surface area contributed by atoms with E-state index in [9.17, 15) is 4.79 Å². The second-order valence-corrected chi connectivity index (χ2v) is 3.53. The first-order valence-electron chi connectivity index (χ1n) is 3.95. The fraction of sp³-hybridized carbons (Fsp3) is 0.875. The van der Waals surface area contributed by atoms with E-state index in [-0.39, 0.29) is 18.1 Å². The molecule has 0 spiro atoms. The Bertz CT molecular complexity index is 155. The minimum absolute atomic E-state index is 0.0110. The van der Waals surface area contributed by atoms with E-state index in [1.165, 1.54) is 0 Å². The number of amides is 1. The fourth-order valence-electron chi connectivity index (χ4n) is 0.977. The van der Waals surface area contributed by atoms with Crippen LogP contribution in [0, 0.1) is 5.92 Å². The van der Waals surface area contributed by atoms with Crippen LogP contribution in [0.1, 0.15) is 20.8 Å². The maximum Gasteiger partial charge on any atom is 0.246 e. The Kier molecular flexibility index (Phi) is 2.18. The summed E-state index contributed by atoms with van der Waals surface area (Å²) < 4.78 is 5.43. The lowest BCUT2D eigenvalue weighted by atomic mass is 9.91. The second kappa shape index (κ2) is 2.81. The first kappa shape index (κ1) is 8.53. The number of hydrogen-bond acceptors (Lipinski definition) is 2. The van der Waals surface area contributed by atoms with Gasteiger partial charge in [0.1, 0.15) is 6.61 Å². The minimum atomic E-state index is -0.173. The molecule has 1 aliphatic rings. The molecule has 1 fully saturated rings. The summed E-state index contributed by atoms with van der Waals surface area (Å²) in [5.74, 6) is 0.422. The lowest BCUT2D eigenvalue weighted by molar-refractivity contribution is -0.146. The zero-order valence-electron chi connectivity index (χ0n) is 7.31. The van der Waals surface area contributed by atoms with Crippen molar-refractivity contribution in [3.63, 3.8) is 0 Å². The Balaban J connectivity index is 2.55. The van der Waals surface area contributed by atoms with Gasteiger partial charge in [0.25, 0.3) is 0 Å². The summed E-state index contributed by atoms with van der Waals surface area (Å²) in [6.45, 7) is 7.05. The summed E-state index contributed by atoms with van der Waals surface area (Å²) in [6.07, 6.45) is 0. The van der Waals surface area contributed by atoms with Crippen LogP contribution < -0.4 is 5.32 Å². The highest BCUT2D eigenvalue weighted by Gasteiger charge is 2.33. The molecule has 0 aliphatic carbocycles. The predicted molar refractivity (Wildman–Crippen MR) is 42.2 cm³/mol. The van der Waals surface area contributed by atoms with Crippen LogP contribution in [0.4, 0.5) is 0 Å². The van der Waals surface area contributed by atoms with Gasteiger partial charge in [-0.25, -0.2) is 0 Å². The average molecular weight is 157 g/mol. The van der Waals surface area contributed by atoms with Crippen molar-refractivity contribution >= 4 is 5.91 Å². The number of nitrogens with one attached hydrogen (secondary N) is 1. The van der Waals surface area contributed by atoms with Gasteiger partial charge in [0, 0.05) is 6.54 Å². The monoisotopic (exact) mass is 157 g/mol. The highest BCUT2D eigenvalue weighted by Crippen LogP contribution is 2.22. The smallest absolute Gasteiger partial charge is 0.246 e. The summed E-state index contributed by atoms with van der Waals surface area (Å²) in [6, 6.07) is 0. The molecule has 1 saturated heterocycles. The van der Waals surface area contributed by atoms with Gasteiger partial charge >= 0.3 is 0 Å². The first-order valence-corrected chi connectivity index (χ1v) is 3.95. The first-order chi connectivity index (χ1) is 5.04. The lowest BCUT2D eigenvalue weighted by Gasteiger charge is -2.37. The normalized spacial score (nSPS) is 32.2. The molecule has 3 heteroatoms. The van der Waals surface area contributed by atoms with Crippen molar-refractivity contribution in [2.75, 3.05) is 13.2 Å². The molecule has 0 radical (unpaired) electrons. The molecule has 1 amide bonds. The van der Waals surface area contributed by atoms with E-state index in [0.717, 1.165) is 0 Å². The number of hydrogen-bond donors (Lipinski definition) is 1. The molecule has 64 valence electrons. The minimum Gasteiger partial charge on any atom is -0.363 e. The van der Waals surface area contributed by atoms with Crippen LogP contribution in [0.2, 0.25) is 0 Å². The summed E-state index contributed by atoms with van der Waals surface area (Å²) in [7, 11) is 0. The molecule has 1 unspecified atom stereocenters. The van der Waals surface area contributed by atoms with Gasteiger partial charge in [0.2, 0.25) is 5.91 Å². The summed E-state index contributed by atoms with van der Waals surface area (Å²) >= 11 is 0. The largest absolute Gasteiger partial charge is 0.363 e. The van der Waals surface area contributed by atoms with E-state index >= 15 is 0 Å². The Morgan fingerprint density at radius 3 is 2.64 bits per heavy atom. The van der Waals surface area contributed by atoms with Gasteiger partial charge in [-0.3, -0.25) is 4.79 Å². The van der Waals surface area contributed by atoms with Crippen molar-refractivity contribution in [3.8, 4) is 0 Å². The summed E-state index contributed by atoms with van der Waals surface area (Å²) in [5, 5.41) is 2.79. The van der Waals surface area contributed by atoms with E-state index in [2.05, 4.69) is 19.2 Å². The standard InChI is InChI=1S/C8H15NO2/c1-6(2)8(3)5-9-7(10)4-11-8/h6H,4-5H2,1-3H3,(H,9,10). The van der Waals surface area contributed by atoms with Crippen molar-refractivity contribution in [1.82, 2.24) is 5.32 Å². The Hall–Kier alpha value is -0.570. The van der Waals surface area contributed by atoms with E-state index in [1.807, 2.05) is 6.92 Å². The third-order valence-electron chi connectivity index (χ3n) is 2.39. The summed E-state index contributed by atoms with van der Waals surface area (Å²) in [4.78, 5) is 10.7. The number of rotatable bonds is 1. The molecule has 0 aromatic rings. The molecule has 0 aromatic carbocycles. The molecule has 0 bridgehead atoms. The van der Waals surface area contributed by atoms with Crippen LogP contribution in [-0.4, -0.2) is 24.7 Å². The van der Waals surface area contributed by atoms with Crippen LogP contribution in [0.25, 0.3) is 0 Å². The highest BCUT2D eigenvalue weighted by molar-refractivity contribution is 5.77. The quantitative estimate of drug-likeness (QED) is 0.603. The number of ether oxygens (including phenoxy) is 1. The molecular weight excluding hydrogens is 142 g/mol. The molecular formula is C8H15NO2. The van der Waals surface area contributed by atoms with Gasteiger partial charge in [-0.1, -0.05) is 13.8 Å². The van der Waals surface area contributed by atoms with Gasteiger partial charge in [0.05, 0.1) is 5.60 Å². The summed E-state index contributed by atoms with van der Waals surface area (Å²) in [5.41, 5.74) is -0.173. The van der Waals surface area contributed by atoms with Crippen LogP contribution in [-0.2, 0) is 9.53 Å². The number of morpholine rings is 1. The molecule has 0 aromatic heterocycles. The van der Waals surface area contributed by atoms with Gasteiger partial charge in [-0.2, -0.15) is 0 Å². The van der Waals surface area contributed by atoms with E-state index in [4.69, 9.17) is 4.74 Å². The van der Waals surface area contributed by atoms with Crippen molar-refractivity contribution < 1.29 is 9.53 Å². The van der Waals surface area contributed by atoms with Crippen LogP contribution in [0.5, 0.6) is 0 Å². The predicted octanol–water partition coefficient (Wildman–Crippen LogP) is 0.547. The Morgan fingerprint density at radius 1 is 1.64 bits per heavy atom. The van der Waals surface area contributed by atoms with Crippen molar-refractivity contribution in [1.29, 1.82) is 0 Å². The lowest BCUT2D eigenvalue weighted by Crippen LogP contribution is -2.53. The topological polar surface area (TPSA) is 38.3 Å². The van der Waals surface area contributed by atoms with Gasteiger partial charge in [-0.05, 0) is 12.8 Å². The Labute approximate surface area is 67.1 Å². The molecule has 3 nitrogen and oxygen atoms in total. The fourth-order valence-corrected chi connectivity index (χ4v) is 0.977. The van der Waals surface area contributed by atoms with Crippen molar-refractivity contribution in [2.45, 2.75) is 26.4 Å². The molecule has 1 heterocycles. The zero-order chi connectivity index (χ0) is 8.48. The molecule has 1 atom stereocenters. The van der Waals surface area contributed by atoms with Crippen LogP contribution in [0.3, 0.4) is 0 Å². The third kappa shape index (κ3) is 1.71. The molecule has 1 rings (SSSR count). The number of carbonyl (C=O) groups is 1. The third-order valence-corrected chi connectivity index (χ3v) is 2.39. The van der Waals surface area contributed by atoms with Crippen LogP contribution in [0.15, 0.2) is 0 Å². The van der Waals surface area contributed by atoms with Crippen LogP contribution >= 0.6 is 0 Å². The second-order valence-electron chi connectivity index (χ2n) is 3.53. The zero-order valence-corrected chi connectivity index (χ0v) is 7.31. The molecule has 0 saturated carbocycles. The van der Waals surface area contributed by atoms with Gasteiger partial charge in [0.15, 0.2) is 0 Å². The van der Waals surface area contributed by atoms with Crippen molar-refractivity contribution in [3.05, 3.63) is 0 Å². The molecule has 11 heavy (non-hydrogen) atoms. The Morgan fingerprint density at radius 2 is 2.27 bits per heavy atom. The maximum atomic E-state index is 10.7. The van der Waals surface area contributed by atoms with Gasteiger partial charge in [-0.15, -0.1) is 0 Å². The van der Waals surface area contributed by atoms with E-state index in [0.29, 0.717) is 12.5 Å². The SMILES string of the molecule is CC(C)C1(C)CNC(=O)CO1. The molecule has 1 N–H and O–H groups in total. The maximum absolute atomic E-state index is 10.7. The molecule has 1 aliphatic heterocycles. The van der Waals surface area contributed by atoms with E-state index in [1.54, 1.807) is 0 Å². The van der Waals surface area contributed by atoms with Crippen molar-refractivity contribution in [2.24, 2.45) is 5.92 Å². The highest BCUT2D eigenvalue weighted by atomic mass is 16.5.